The molecule has 1 unspecified atom stereocenters. The molecule has 0 amide bonds. The first-order valence-electron chi connectivity index (χ1n) is 6.14. The largest absolute Gasteiger partial charge is 0.475 e. The lowest BCUT2D eigenvalue weighted by Gasteiger charge is -2.03. The van der Waals surface area contributed by atoms with Gasteiger partial charge in [-0.3, -0.25) is 4.79 Å². The summed E-state index contributed by atoms with van der Waals surface area (Å²) in [5.74, 6) is -0.906. The molecule has 1 aliphatic heterocycles. The van der Waals surface area contributed by atoms with E-state index in [2.05, 4.69) is 9.73 Å². The molecule has 0 N–H and O–H groups in total. The minimum absolute atomic E-state index is 0.149. The normalized spacial score (nSPS) is 17.6. The second-order valence-corrected chi connectivity index (χ2v) is 4.22. The molecule has 0 spiro atoms. The molecule has 5 nitrogen and oxygen atoms in total. The van der Waals surface area contributed by atoms with Crippen LogP contribution in [0, 0.1) is 0 Å². The van der Waals surface area contributed by atoms with E-state index in [-0.39, 0.29) is 12.6 Å². The van der Waals surface area contributed by atoms with Crippen LogP contribution in [0.2, 0.25) is 0 Å². The maximum atomic E-state index is 11.7. The third-order valence-electron chi connectivity index (χ3n) is 2.65. The van der Waals surface area contributed by atoms with Gasteiger partial charge in [0, 0.05) is 11.1 Å². The molecule has 19 heavy (non-hydrogen) atoms. The Hall–Kier alpha value is -2.17. The first kappa shape index (κ1) is 13.3. The van der Waals surface area contributed by atoms with E-state index in [1.54, 1.807) is 31.2 Å². The van der Waals surface area contributed by atoms with Gasteiger partial charge in [-0.25, -0.2) is 9.79 Å². The highest BCUT2D eigenvalue weighted by molar-refractivity contribution is 6.40. The lowest BCUT2D eigenvalue weighted by Crippen LogP contribution is -2.17. The Morgan fingerprint density at radius 1 is 1.37 bits per heavy atom. The number of carbonyl (C=O) groups excluding carboxylic acids is 2. The number of ketones is 1. The summed E-state index contributed by atoms with van der Waals surface area (Å²) in [6.45, 7) is 4.38. The molecule has 0 fully saturated rings. The van der Waals surface area contributed by atoms with Crippen LogP contribution in [0.3, 0.4) is 0 Å². The fraction of sp³-hybridized carbons (Fsp3) is 0.357. The molecule has 2 rings (SSSR count). The van der Waals surface area contributed by atoms with Crippen LogP contribution < -0.4 is 0 Å². The summed E-state index contributed by atoms with van der Waals surface area (Å²) >= 11 is 0. The van der Waals surface area contributed by atoms with Crippen LogP contribution in [0.1, 0.15) is 29.8 Å². The highest BCUT2D eigenvalue weighted by Crippen LogP contribution is 2.13. The molecule has 0 aromatic heterocycles. The van der Waals surface area contributed by atoms with Crippen LogP contribution in [-0.2, 0) is 14.3 Å². The molecule has 1 aliphatic rings. The zero-order valence-corrected chi connectivity index (χ0v) is 10.9. The molecule has 0 bridgehead atoms. The Balaban J connectivity index is 2.13. The first-order valence-corrected chi connectivity index (χ1v) is 6.14. The number of esters is 1. The van der Waals surface area contributed by atoms with Crippen molar-refractivity contribution in [3.05, 3.63) is 35.4 Å². The monoisotopic (exact) mass is 261 g/mol. The van der Waals surface area contributed by atoms with Crippen LogP contribution in [-0.4, -0.2) is 36.9 Å². The molecule has 0 saturated carbocycles. The molecule has 0 saturated heterocycles. The van der Waals surface area contributed by atoms with Gasteiger partial charge >= 0.3 is 5.97 Å². The molecule has 100 valence electrons. The molecular formula is C14H15NO4. The average Bonchev–Trinajstić information content (AvgIpc) is 2.85. The predicted octanol–water partition coefficient (Wildman–Crippen LogP) is 1.60. The molecule has 1 aromatic rings. The summed E-state index contributed by atoms with van der Waals surface area (Å²) in [5.41, 5.74) is 1.10. The zero-order valence-electron chi connectivity index (χ0n) is 10.9. The topological polar surface area (TPSA) is 65.0 Å². The van der Waals surface area contributed by atoms with Gasteiger partial charge in [0.25, 0.3) is 5.78 Å². The number of carbonyl (C=O) groups is 2. The van der Waals surface area contributed by atoms with Gasteiger partial charge in [-0.2, -0.15) is 0 Å². The summed E-state index contributed by atoms with van der Waals surface area (Å²) in [6, 6.07) is 6.72. The van der Waals surface area contributed by atoms with Crippen LogP contribution in [0.4, 0.5) is 0 Å². The molecule has 1 atom stereocenters. The van der Waals surface area contributed by atoms with Crippen molar-refractivity contribution in [2.45, 2.75) is 19.9 Å². The van der Waals surface area contributed by atoms with Gasteiger partial charge in [-0.15, -0.1) is 0 Å². The Labute approximate surface area is 111 Å². The summed E-state index contributed by atoms with van der Waals surface area (Å²) in [7, 11) is 0. The van der Waals surface area contributed by atoms with Crippen molar-refractivity contribution in [3.63, 3.8) is 0 Å². The number of benzene rings is 1. The fourth-order valence-electron chi connectivity index (χ4n) is 1.71. The maximum absolute atomic E-state index is 11.7. The van der Waals surface area contributed by atoms with Crippen molar-refractivity contribution in [1.82, 2.24) is 0 Å². The lowest BCUT2D eigenvalue weighted by molar-refractivity contribution is -0.137. The van der Waals surface area contributed by atoms with E-state index in [0.29, 0.717) is 18.1 Å². The number of rotatable bonds is 4. The number of hydrogen-bond donors (Lipinski definition) is 0. The van der Waals surface area contributed by atoms with Gasteiger partial charge in [-0.05, 0) is 38.1 Å². The third kappa shape index (κ3) is 2.99. The number of aliphatic imine (C=N–C) groups is 1. The molecule has 0 radical (unpaired) electrons. The second kappa shape index (κ2) is 5.65. The van der Waals surface area contributed by atoms with E-state index in [0.717, 1.165) is 5.56 Å². The molecule has 1 aromatic carbocycles. The Bertz CT molecular complexity index is 519. The van der Waals surface area contributed by atoms with Gasteiger partial charge in [0.1, 0.15) is 6.61 Å². The van der Waals surface area contributed by atoms with Crippen LogP contribution in [0.15, 0.2) is 29.3 Å². The van der Waals surface area contributed by atoms with Crippen molar-refractivity contribution < 1.29 is 19.1 Å². The van der Waals surface area contributed by atoms with Crippen LogP contribution in [0.5, 0.6) is 0 Å². The van der Waals surface area contributed by atoms with Crippen LogP contribution >= 0.6 is 0 Å². The van der Waals surface area contributed by atoms with Gasteiger partial charge in [0.15, 0.2) is 0 Å². The number of ether oxygens (including phenoxy) is 2. The standard InChI is InChI=1S/C14H15NO4/c1-3-18-14(17)12(16)10-4-6-11(7-5-10)13-15-9(2)8-19-13/h4-7,9H,3,8H2,1-2H3. The summed E-state index contributed by atoms with van der Waals surface area (Å²) in [5, 5.41) is 0. The van der Waals surface area contributed by atoms with E-state index >= 15 is 0 Å². The smallest absolute Gasteiger partial charge is 0.379 e. The third-order valence-corrected chi connectivity index (χ3v) is 2.65. The first-order chi connectivity index (χ1) is 9.11. The summed E-state index contributed by atoms with van der Waals surface area (Å²) in [6.07, 6.45) is 0. The number of nitrogens with zero attached hydrogens (tertiary/aromatic N) is 1. The minimum atomic E-state index is -0.835. The van der Waals surface area contributed by atoms with Crippen LogP contribution in [0.25, 0.3) is 0 Å². The fourth-order valence-corrected chi connectivity index (χ4v) is 1.71. The van der Waals surface area contributed by atoms with Crippen molar-refractivity contribution in [3.8, 4) is 0 Å². The second-order valence-electron chi connectivity index (χ2n) is 4.22. The quantitative estimate of drug-likeness (QED) is 0.469. The van der Waals surface area contributed by atoms with Crippen molar-refractivity contribution in [1.29, 1.82) is 0 Å². The SMILES string of the molecule is CCOC(=O)C(=O)c1ccc(C2=NC(C)CO2)cc1. The Kier molecular flexibility index (Phi) is 3.94. The van der Waals surface area contributed by atoms with Crippen molar-refractivity contribution in [2.75, 3.05) is 13.2 Å². The van der Waals surface area contributed by atoms with E-state index < -0.39 is 11.8 Å². The minimum Gasteiger partial charge on any atom is -0.475 e. The van der Waals surface area contributed by atoms with E-state index in [1.165, 1.54) is 0 Å². The molecular weight excluding hydrogens is 246 g/mol. The van der Waals surface area contributed by atoms with Gasteiger partial charge in [0.2, 0.25) is 5.90 Å². The highest BCUT2D eigenvalue weighted by Gasteiger charge is 2.19. The highest BCUT2D eigenvalue weighted by atomic mass is 16.5. The molecule has 1 heterocycles. The van der Waals surface area contributed by atoms with E-state index in [1.807, 2.05) is 6.92 Å². The number of Topliss-reactive ketones (excluding diaryl/α,β-unsaturated/α-hetero) is 1. The summed E-state index contributed by atoms with van der Waals surface area (Å²) < 4.78 is 10.1. The Morgan fingerprint density at radius 3 is 2.58 bits per heavy atom. The lowest BCUT2D eigenvalue weighted by atomic mass is 10.1. The molecule has 5 heteroatoms. The maximum Gasteiger partial charge on any atom is 0.379 e. The summed E-state index contributed by atoms with van der Waals surface area (Å²) in [4.78, 5) is 27.3. The Morgan fingerprint density at radius 2 is 2.05 bits per heavy atom. The van der Waals surface area contributed by atoms with Crippen molar-refractivity contribution >= 4 is 17.7 Å². The zero-order chi connectivity index (χ0) is 13.8. The van der Waals surface area contributed by atoms with E-state index in [9.17, 15) is 9.59 Å². The van der Waals surface area contributed by atoms with Crippen molar-refractivity contribution in [2.24, 2.45) is 4.99 Å². The van der Waals surface area contributed by atoms with E-state index in [4.69, 9.17) is 4.74 Å². The molecule has 0 aliphatic carbocycles. The predicted molar refractivity (Wildman–Crippen MR) is 69.4 cm³/mol. The van der Waals surface area contributed by atoms with Gasteiger partial charge < -0.3 is 9.47 Å². The number of hydrogen-bond acceptors (Lipinski definition) is 5. The van der Waals surface area contributed by atoms with Gasteiger partial charge in [-0.1, -0.05) is 0 Å². The van der Waals surface area contributed by atoms with Gasteiger partial charge in [0.05, 0.1) is 12.6 Å². The average molecular weight is 261 g/mol.